The van der Waals surface area contributed by atoms with Gasteiger partial charge in [-0.05, 0) is 12.1 Å². The predicted molar refractivity (Wildman–Crippen MR) is 55.8 cm³/mol. The molecule has 0 heterocycles. The number of para-hydroxylation sites is 1. The lowest BCUT2D eigenvalue weighted by molar-refractivity contribution is -0.142. The van der Waals surface area contributed by atoms with Crippen LogP contribution in [-0.4, -0.2) is 12.5 Å². The molecule has 0 fully saturated rings. The van der Waals surface area contributed by atoms with Crippen LogP contribution in [0.4, 0.5) is 5.69 Å². The number of hydroxylamine groups is 1. The number of carbonyl (C=O) groups excluding carboxylic acids is 1. The Kier molecular flexibility index (Phi) is 3.73. The first-order chi connectivity index (χ1) is 6.74. The van der Waals surface area contributed by atoms with E-state index in [1.54, 1.807) is 6.08 Å². The Labute approximate surface area is 83.6 Å². The van der Waals surface area contributed by atoms with Crippen molar-refractivity contribution in [3.05, 3.63) is 43.0 Å². The van der Waals surface area contributed by atoms with Crippen LogP contribution >= 0.6 is 0 Å². The maximum atomic E-state index is 10.8. The Morgan fingerprint density at radius 1 is 1.50 bits per heavy atom. The van der Waals surface area contributed by atoms with Gasteiger partial charge in [-0.25, -0.2) is 5.06 Å². The molecule has 14 heavy (non-hydrogen) atoms. The molecule has 0 spiro atoms. The van der Waals surface area contributed by atoms with Crippen molar-refractivity contribution in [1.29, 1.82) is 0 Å². The summed E-state index contributed by atoms with van der Waals surface area (Å²) in [4.78, 5) is 15.8. The molecule has 0 aliphatic rings. The lowest BCUT2D eigenvalue weighted by Crippen LogP contribution is -2.25. The molecule has 1 aromatic rings. The highest BCUT2D eigenvalue weighted by Crippen LogP contribution is 2.13. The van der Waals surface area contributed by atoms with Gasteiger partial charge in [-0.2, -0.15) is 0 Å². The number of anilines is 1. The van der Waals surface area contributed by atoms with Crippen molar-refractivity contribution in [2.75, 3.05) is 11.6 Å². The van der Waals surface area contributed by atoms with Gasteiger partial charge in [-0.15, -0.1) is 6.58 Å². The van der Waals surface area contributed by atoms with Crippen LogP contribution in [0, 0.1) is 0 Å². The Hall–Kier alpha value is -1.77. The lowest BCUT2D eigenvalue weighted by atomic mass is 10.3. The summed E-state index contributed by atoms with van der Waals surface area (Å²) in [5.41, 5.74) is 0.836. The number of benzene rings is 1. The van der Waals surface area contributed by atoms with Gasteiger partial charge in [-0.1, -0.05) is 24.3 Å². The Bertz CT molecular complexity index is 308. The third-order valence-electron chi connectivity index (χ3n) is 1.58. The highest BCUT2D eigenvalue weighted by Gasteiger charge is 2.06. The zero-order chi connectivity index (χ0) is 10.4. The Balaban J connectivity index is 2.77. The third-order valence-corrected chi connectivity index (χ3v) is 1.58. The zero-order valence-electron chi connectivity index (χ0n) is 8.14. The molecule has 0 saturated carbocycles. The van der Waals surface area contributed by atoms with Crippen LogP contribution in [-0.2, 0) is 9.63 Å². The van der Waals surface area contributed by atoms with Crippen molar-refractivity contribution < 1.29 is 9.63 Å². The summed E-state index contributed by atoms with van der Waals surface area (Å²) in [7, 11) is 0. The average Bonchev–Trinajstić information content (AvgIpc) is 2.18. The lowest BCUT2D eigenvalue weighted by Gasteiger charge is -2.20. The van der Waals surface area contributed by atoms with Gasteiger partial charge in [0.05, 0.1) is 12.2 Å². The second kappa shape index (κ2) is 5.07. The maximum absolute atomic E-state index is 10.8. The van der Waals surface area contributed by atoms with E-state index in [1.807, 2.05) is 30.3 Å². The SMILES string of the molecule is C=CCN(OC(C)=O)c1ccccc1. The minimum absolute atomic E-state index is 0.337. The maximum Gasteiger partial charge on any atom is 0.329 e. The van der Waals surface area contributed by atoms with Gasteiger partial charge in [0.1, 0.15) is 0 Å². The molecular formula is C11H13NO2. The molecule has 3 nitrogen and oxygen atoms in total. The van der Waals surface area contributed by atoms with E-state index >= 15 is 0 Å². The number of nitrogens with zero attached hydrogens (tertiary/aromatic N) is 1. The molecule has 74 valence electrons. The summed E-state index contributed by atoms with van der Waals surface area (Å²) < 4.78 is 0. The summed E-state index contributed by atoms with van der Waals surface area (Å²) in [6.07, 6.45) is 1.68. The molecule has 0 unspecified atom stereocenters. The van der Waals surface area contributed by atoms with E-state index in [2.05, 4.69) is 6.58 Å². The number of rotatable bonds is 4. The molecule has 1 aromatic carbocycles. The van der Waals surface area contributed by atoms with Crippen molar-refractivity contribution >= 4 is 11.7 Å². The average molecular weight is 191 g/mol. The van der Waals surface area contributed by atoms with Gasteiger partial charge in [0, 0.05) is 6.92 Å². The summed E-state index contributed by atoms with van der Waals surface area (Å²) in [5, 5.41) is 1.50. The molecule has 0 amide bonds. The van der Waals surface area contributed by atoms with Crippen LogP contribution in [0.1, 0.15) is 6.92 Å². The molecule has 3 heteroatoms. The Morgan fingerprint density at radius 3 is 2.64 bits per heavy atom. The molecule has 0 N–H and O–H groups in total. The van der Waals surface area contributed by atoms with E-state index in [0.29, 0.717) is 6.54 Å². The van der Waals surface area contributed by atoms with E-state index in [0.717, 1.165) is 5.69 Å². The monoisotopic (exact) mass is 191 g/mol. The number of hydrogen-bond donors (Lipinski definition) is 0. The normalized spacial score (nSPS) is 9.21. The van der Waals surface area contributed by atoms with Crippen LogP contribution in [0.3, 0.4) is 0 Å². The molecule has 0 aliphatic heterocycles. The highest BCUT2D eigenvalue weighted by molar-refractivity contribution is 5.67. The quantitative estimate of drug-likeness (QED) is 0.539. The van der Waals surface area contributed by atoms with Crippen molar-refractivity contribution in [2.45, 2.75) is 6.92 Å². The van der Waals surface area contributed by atoms with Crippen LogP contribution in [0.25, 0.3) is 0 Å². The van der Waals surface area contributed by atoms with Gasteiger partial charge in [0.15, 0.2) is 0 Å². The van der Waals surface area contributed by atoms with Gasteiger partial charge in [0.2, 0.25) is 0 Å². The smallest absolute Gasteiger partial charge is 0.329 e. The number of hydrogen-bond acceptors (Lipinski definition) is 3. The first-order valence-electron chi connectivity index (χ1n) is 4.36. The van der Waals surface area contributed by atoms with E-state index in [-0.39, 0.29) is 5.97 Å². The van der Waals surface area contributed by atoms with Gasteiger partial charge in [-0.3, -0.25) is 4.79 Å². The van der Waals surface area contributed by atoms with Gasteiger partial charge in [0.25, 0.3) is 0 Å². The summed E-state index contributed by atoms with van der Waals surface area (Å²) in [6.45, 7) is 5.45. The fourth-order valence-corrected chi connectivity index (χ4v) is 1.06. The minimum atomic E-state index is -0.337. The van der Waals surface area contributed by atoms with E-state index < -0.39 is 0 Å². The molecular weight excluding hydrogens is 178 g/mol. The molecule has 0 radical (unpaired) electrons. The minimum Gasteiger partial charge on any atom is -0.341 e. The predicted octanol–water partition coefficient (Wildman–Crippen LogP) is 2.16. The first-order valence-corrected chi connectivity index (χ1v) is 4.36. The molecule has 0 saturated heterocycles. The van der Waals surface area contributed by atoms with Gasteiger partial charge < -0.3 is 4.84 Å². The molecule has 0 atom stereocenters. The molecule has 1 rings (SSSR count). The fourth-order valence-electron chi connectivity index (χ4n) is 1.06. The topological polar surface area (TPSA) is 29.5 Å². The van der Waals surface area contributed by atoms with Crippen LogP contribution in [0.2, 0.25) is 0 Å². The summed E-state index contributed by atoms with van der Waals surface area (Å²) in [5.74, 6) is -0.337. The second-order valence-corrected chi connectivity index (χ2v) is 2.77. The zero-order valence-corrected chi connectivity index (χ0v) is 8.14. The molecule has 0 bridgehead atoms. The fraction of sp³-hybridized carbons (Fsp3) is 0.182. The summed E-state index contributed by atoms with van der Waals surface area (Å²) in [6, 6.07) is 9.41. The van der Waals surface area contributed by atoms with Crippen LogP contribution in [0.15, 0.2) is 43.0 Å². The first kappa shape index (κ1) is 10.3. The van der Waals surface area contributed by atoms with E-state index in [9.17, 15) is 4.79 Å². The van der Waals surface area contributed by atoms with Crippen molar-refractivity contribution in [3.63, 3.8) is 0 Å². The van der Waals surface area contributed by atoms with Gasteiger partial charge >= 0.3 is 5.97 Å². The second-order valence-electron chi connectivity index (χ2n) is 2.77. The van der Waals surface area contributed by atoms with E-state index in [1.165, 1.54) is 12.0 Å². The molecule has 0 aliphatic carbocycles. The standard InChI is InChI=1S/C11H13NO2/c1-3-9-12(14-10(2)13)11-7-5-4-6-8-11/h3-8H,1,9H2,2H3. The van der Waals surface area contributed by atoms with Crippen molar-refractivity contribution in [1.82, 2.24) is 0 Å². The van der Waals surface area contributed by atoms with Crippen LogP contribution in [0.5, 0.6) is 0 Å². The highest BCUT2D eigenvalue weighted by atomic mass is 16.7. The Morgan fingerprint density at radius 2 is 2.14 bits per heavy atom. The van der Waals surface area contributed by atoms with Crippen molar-refractivity contribution in [3.8, 4) is 0 Å². The van der Waals surface area contributed by atoms with Crippen LogP contribution < -0.4 is 5.06 Å². The molecule has 0 aromatic heterocycles. The summed E-state index contributed by atoms with van der Waals surface area (Å²) >= 11 is 0. The largest absolute Gasteiger partial charge is 0.341 e. The number of carbonyl (C=O) groups is 1. The van der Waals surface area contributed by atoms with E-state index in [4.69, 9.17) is 4.84 Å². The van der Waals surface area contributed by atoms with Crippen molar-refractivity contribution in [2.24, 2.45) is 0 Å². The third kappa shape index (κ3) is 2.94.